The number of non-ortho nitro benzene ring substituents is 1. The fraction of sp³-hybridized carbons (Fsp3) is 0.231. The number of nitrogens with zero attached hydrogens (tertiary/aromatic N) is 3. The van der Waals surface area contributed by atoms with Gasteiger partial charge in [-0.25, -0.2) is 4.98 Å². The summed E-state index contributed by atoms with van der Waals surface area (Å²) in [5.74, 6) is 0.311. The summed E-state index contributed by atoms with van der Waals surface area (Å²) < 4.78 is 0. The van der Waals surface area contributed by atoms with E-state index in [-0.39, 0.29) is 12.3 Å². The molecule has 0 aliphatic rings. The Morgan fingerprint density at radius 2 is 2.38 bits per heavy atom. The molecule has 0 fully saturated rings. The fourth-order valence-electron chi connectivity index (χ4n) is 1.66. The molecule has 0 amide bonds. The number of rotatable bonds is 6. The third-order valence-corrected chi connectivity index (χ3v) is 3.39. The average molecular weight is 306 g/mol. The molecule has 21 heavy (non-hydrogen) atoms. The van der Waals surface area contributed by atoms with Crippen molar-refractivity contribution in [3.63, 3.8) is 0 Å². The molecule has 0 saturated carbocycles. The first-order chi connectivity index (χ1) is 10.0. The number of nitro benzene ring substituents is 1. The zero-order chi connectivity index (χ0) is 15.2. The number of thiazole rings is 1. The third kappa shape index (κ3) is 4.53. The highest BCUT2D eigenvalue weighted by atomic mass is 32.1. The first-order valence-electron chi connectivity index (χ1n) is 6.13. The van der Waals surface area contributed by atoms with Crippen LogP contribution in [0.2, 0.25) is 0 Å². The van der Waals surface area contributed by atoms with Gasteiger partial charge in [0.1, 0.15) is 12.4 Å². The minimum atomic E-state index is -0.453. The second-order valence-corrected chi connectivity index (χ2v) is 5.38. The van der Waals surface area contributed by atoms with Crippen molar-refractivity contribution in [3.8, 4) is 0 Å². The summed E-state index contributed by atoms with van der Waals surface area (Å²) in [5, 5.41) is 17.3. The summed E-state index contributed by atoms with van der Waals surface area (Å²) in [7, 11) is 0. The van der Waals surface area contributed by atoms with Crippen molar-refractivity contribution >= 4 is 22.9 Å². The normalized spacial score (nSPS) is 11.4. The Hall–Kier alpha value is -2.48. The molecule has 0 atom stereocenters. The lowest BCUT2D eigenvalue weighted by atomic mass is 10.2. The van der Waals surface area contributed by atoms with Crippen molar-refractivity contribution < 1.29 is 9.76 Å². The van der Waals surface area contributed by atoms with Crippen molar-refractivity contribution in [1.82, 2.24) is 4.98 Å². The van der Waals surface area contributed by atoms with Gasteiger partial charge in [-0.2, -0.15) is 0 Å². The van der Waals surface area contributed by atoms with E-state index in [2.05, 4.69) is 10.1 Å². The molecule has 0 spiro atoms. The summed E-state index contributed by atoms with van der Waals surface area (Å²) in [5.41, 5.74) is 7.26. The van der Waals surface area contributed by atoms with E-state index in [4.69, 9.17) is 10.6 Å². The molecule has 8 heteroatoms. The Balaban J connectivity index is 1.89. The summed E-state index contributed by atoms with van der Waals surface area (Å²) in [4.78, 5) is 19.6. The van der Waals surface area contributed by atoms with Gasteiger partial charge in [0.15, 0.2) is 0 Å². The quantitative estimate of drug-likeness (QED) is 0.382. The van der Waals surface area contributed by atoms with Crippen LogP contribution < -0.4 is 5.73 Å². The van der Waals surface area contributed by atoms with E-state index in [1.165, 1.54) is 12.1 Å². The number of hydrogen-bond donors (Lipinski definition) is 1. The van der Waals surface area contributed by atoms with Gasteiger partial charge in [-0.3, -0.25) is 10.1 Å². The molecule has 2 N–H and O–H groups in total. The van der Waals surface area contributed by atoms with E-state index in [1.807, 2.05) is 12.3 Å². The highest BCUT2D eigenvalue weighted by molar-refractivity contribution is 7.09. The Bertz CT molecular complexity index is 669. The first kappa shape index (κ1) is 14.9. The molecule has 0 saturated heterocycles. The molecule has 1 aromatic heterocycles. The van der Waals surface area contributed by atoms with Gasteiger partial charge in [0.25, 0.3) is 5.69 Å². The summed E-state index contributed by atoms with van der Waals surface area (Å²) in [6, 6.07) is 6.19. The molecule has 110 valence electrons. The minimum absolute atomic E-state index is 0.0194. The lowest BCUT2D eigenvalue weighted by Crippen LogP contribution is -2.15. The second-order valence-electron chi connectivity index (χ2n) is 4.32. The van der Waals surface area contributed by atoms with Gasteiger partial charge >= 0.3 is 0 Å². The van der Waals surface area contributed by atoms with Gasteiger partial charge < -0.3 is 10.6 Å². The molecule has 0 bridgehead atoms. The largest absolute Gasteiger partial charge is 0.389 e. The zero-order valence-electron chi connectivity index (χ0n) is 11.4. The molecule has 0 aliphatic carbocycles. The van der Waals surface area contributed by atoms with E-state index in [0.29, 0.717) is 17.8 Å². The van der Waals surface area contributed by atoms with Gasteiger partial charge in [0.05, 0.1) is 22.0 Å². The highest BCUT2D eigenvalue weighted by Crippen LogP contribution is 2.14. The first-order valence-corrected chi connectivity index (χ1v) is 7.01. The van der Waals surface area contributed by atoms with Crippen LogP contribution in [0.1, 0.15) is 16.3 Å². The van der Waals surface area contributed by atoms with Crippen LogP contribution in [-0.2, 0) is 17.9 Å². The van der Waals surface area contributed by atoms with Gasteiger partial charge in [-0.1, -0.05) is 17.3 Å². The van der Waals surface area contributed by atoms with Crippen LogP contribution in [0, 0.1) is 17.0 Å². The van der Waals surface area contributed by atoms with Crippen LogP contribution in [0.25, 0.3) is 0 Å². The smallest absolute Gasteiger partial charge is 0.269 e. The number of nitro groups is 1. The van der Waals surface area contributed by atoms with Gasteiger partial charge in [-0.05, 0) is 12.5 Å². The zero-order valence-corrected chi connectivity index (χ0v) is 12.2. The second kappa shape index (κ2) is 6.80. The van der Waals surface area contributed by atoms with Crippen molar-refractivity contribution in [3.05, 3.63) is 56.0 Å². The number of benzene rings is 1. The van der Waals surface area contributed by atoms with Crippen molar-refractivity contribution in [2.45, 2.75) is 20.0 Å². The van der Waals surface area contributed by atoms with E-state index in [9.17, 15) is 10.1 Å². The van der Waals surface area contributed by atoms with Crippen LogP contribution in [0.4, 0.5) is 5.69 Å². The summed E-state index contributed by atoms with van der Waals surface area (Å²) in [6.07, 6.45) is 0.416. The molecule has 0 radical (unpaired) electrons. The number of oxime groups is 1. The number of aryl methyl sites for hydroxylation is 1. The predicted octanol–water partition coefficient (Wildman–Crippen LogP) is 2.39. The number of aromatic nitrogens is 1. The Morgan fingerprint density at radius 1 is 1.57 bits per heavy atom. The number of hydrogen-bond acceptors (Lipinski definition) is 6. The van der Waals surface area contributed by atoms with Crippen LogP contribution in [-0.4, -0.2) is 15.7 Å². The molecule has 7 nitrogen and oxygen atoms in total. The maximum atomic E-state index is 10.7. The summed E-state index contributed by atoms with van der Waals surface area (Å²) in [6.45, 7) is 2.04. The van der Waals surface area contributed by atoms with Gasteiger partial charge in [0, 0.05) is 17.5 Å². The maximum absolute atomic E-state index is 10.7. The van der Waals surface area contributed by atoms with Crippen LogP contribution in [0.3, 0.4) is 0 Å². The SMILES string of the molecule is Cc1nc(CC(N)=NOCc2cccc([N+](=O)[O-])c2)cs1. The summed E-state index contributed by atoms with van der Waals surface area (Å²) >= 11 is 1.55. The molecular weight excluding hydrogens is 292 g/mol. The molecule has 0 aliphatic heterocycles. The molecule has 2 rings (SSSR count). The lowest BCUT2D eigenvalue weighted by molar-refractivity contribution is -0.384. The fourth-order valence-corrected chi connectivity index (χ4v) is 2.27. The van der Waals surface area contributed by atoms with E-state index in [0.717, 1.165) is 10.7 Å². The standard InChI is InChI=1S/C13H14N4O3S/c1-9-15-11(8-21-9)6-13(14)16-20-7-10-3-2-4-12(5-10)17(18)19/h2-5,8H,6-7H2,1H3,(H2,14,16). The molecule has 1 heterocycles. The highest BCUT2D eigenvalue weighted by Gasteiger charge is 2.06. The molecule has 2 aromatic rings. The van der Waals surface area contributed by atoms with Crippen LogP contribution in [0.5, 0.6) is 0 Å². The monoisotopic (exact) mass is 306 g/mol. The molecule has 0 unspecified atom stereocenters. The Labute approximate surface area is 125 Å². The average Bonchev–Trinajstić information content (AvgIpc) is 2.84. The van der Waals surface area contributed by atoms with E-state index < -0.39 is 4.92 Å². The van der Waals surface area contributed by atoms with Crippen molar-refractivity contribution in [1.29, 1.82) is 0 Å². The number of nitrogens with two attached hydrogens (primary N) is 1. The van der Waals surface area contributed by atoms with Crippen LogP contribution in [0.15, 0.2) is 34.8 Å². The predicted molar refractivity (Wildman–Crippen MR) is 80.1 cm³/mol. The maximum Gasteiger partial charge on any atom is 0.269 e. The number of amidine groups is 1. The minimum Gasteiger partial charge on any atom is -0.389 e. The topological polar surface area (TPSA) is 104 Å². The van der Waals surface area contributed by atoms with E-state index in [1.54, 1.807) is 23.5 Å². The molecular formula is C13H14N4O3S. The lowest BCUT2D eigenvalue weighted by Gasteiger charge is -2.01. The van der Waals surface area contributed by atoms with Crippen molar-refractivity contribution in [2.75, 3.05) is 0 Å². The van der Waals surface area contributed by atoms with Crippen molar-refractivity contribution in [2.24, 2.45) is 10.9 Å². The molecule has 1 aromatic carbocycles. The van der Waals surface area contributed by atoms with E-state index >= 15 is 0 Å². The Morgan fingerprint density at radius 3 is 3.05 bits per heavy atom. The van der Waals surface area contributed by atoms with Gasteiger partial charge in [-0.15, -0.1) is 11.3 Å². The van der Waals surface area contributed by atoms with Gasteiger partial charge in [0.2, 0.25) is 0 Å². The Kier molecular flexibility index (Phi) is 4.83. The van der Waals surface area contributed by atoms with Crippen LogP contribution >= 0.6 is 11.3 Å². The third-order valence-electron chi connectivity index (χ3n) is 2.56.